The van der Waals surface area contributed by atoms with Crippen molar-refractivity contribution in [3.63, 3.8) is 0 Å². The van der Waals surface area contributed by atoms with Crippen LogP contribution in [0.2, 0.25) is 0 Å². The predicted octanol–water partition coefficient (Wildman–Crippen LogP) is 3.88. The van der Waals surface area contributed by atoms with E-state index in [1.54, 1.807) is 4.68 Å². The molecular weight excluding hydrogens is 364 g/mol. The lowest BCUT2D eigenvalue weighted by Gasteiger charge is -2.05. The second-order valence-electron chi connectivity index (χ2n) is 7.34. The number of nitrogens with zero attached hydrogens (tertiary/aromatic N) is 4. The summed E-state index contributed by atoms with van der Waals surface area (Å²) in [6.07, 6.45) is 0.181. The number of ether oxygens (including phenoxy) is 1. The third-order valence-corrected chi connectivity index (χ3v) is 5.29. The van der Waals surface area contributed by atoms with Crippen LogP contribution in [0.4, 0.5) is 0 Å². The maximum atomic E-state index is 12.4. The van der Waals surface area contributed by atoms with Gasteiger partial charge in [0, 0.05) is 25.4 Å². The minimum absolute atomic E-state index is 0.181. The summed E-state index contributed by atoms with van der Waals surface area (Å²) in [6.45, 7) is 4.25. The van der Waals surface area contributed by atoms with Crippen molar-refractivity contribution in [2.75, 3.05) is 0 Å². The maximum absolute atomic E-state index is 12.4. The molecule has 0 unspecified atom stereocenters. The summed E-state index contributed by atoms with van der Waals surface area (Å²) in [5.41, 5.74) is 6.81. The van der Waals surface area contributed by atoms with E-state index in [9.17, 15) is 4.79 Å². The topological polar surface area (TPSA) is 61.9 Å². The van der Waals surface area contributed by atoms with E-state index in [0.29, 0.717) is 0 Å². The summed E-state index contributed by atoms with van der Waals surface area (Å²) in [6, 6.07) is 16.0. The lowest BCUT2D eigenvalue weighted by atomic mass is 10.1. The van der Waals surface area contributed by atoms with Gasteiger partial charge >= 0.3 is 5.97 Å². The molecule has 148 valence electrons. The number of carbonyl (C=O) groups excluding carboxylic acids is 1. The van der Waals surface area contributed by atoms with Gasteiger partial charge in [-0.2, -0.15) is 5.10 Å². The van der Waals surface area contributed by atoms with Crippen LogP contribution in [0.3, 0.4) is 0 Å². The lowest BCUT2D eigenvalue weighted by molar-refractivity contribution is -0.144. The molecule has 0 N–H and O–H groups in total. The largest absolute Gasteiger partial charge is 0.461 e. The average molecular weight is 388 g/mol. The van der Waals surface area contributed by atoms with Crippen molar-refractivity contribution in [3.8, 4) is 11.3 Å². The first kappa shape index (κ1) is 18.9. The van der Waals surface area contributed by atoms with Crippen molar-refractivity contribution >= 4 is 17.0 Å². The summed E-state index contributed by atoms with van der Waals surface area (Å²) < 4.78 is 9.28. The zero-order valence-electron chi connectivity index (χ0n) is 17.1. The van der Waals surface area contributed by atoms with Gasteiger partial charge in [0.15, 0.2) is 0 Å². The fourth-order valence-electron chi connectivity index (χ4n) is 3.48. The normalized spacial score (nSPS) is 11.2. The highest BCUT2D eigenvalue weighted by molar-refractivity contribution is 5.77. The molecular formula is C23H24N4O2. The van der Waals surface area contributed by atoms with E-state index in [1.165, 1.54) is 0 Å². The molecule has 0 saturated carbocycles. The highest BCUT2D eigenvalue weighted by atomic mass is 16.5. The maximum Gasteiger partial charge on any atom is 0.312 e. The molecule has 0 aliphatic carbocycles. The standard InChI is InChI=1S/C23H24N4O2/c1-15-7-5-6-8-19(15)20-12-18(27(4)25-20)13-23(28)29-14-17-9-10-22-21(11-17)24-16(2)26(22)3/h5-12H,13-14H2,1-4H3. The van der Waals surface area contributed by atoms with Crippen LogP contribution in [0.1, 0.15) is 22.6 Å². The van der Waals surface area contributed by atoms with Gasteiger partial charge in [0.1, 0.15) is 12.4 Å². The highest BCUT2D eigenvalue weighted by Crippen LogP contribution is 2.23. The number of carbonyl (C=O) groups is 1. The van der Waals surface area contributed by atoms with Gasteiger partial charge in [-0.15, -0.1) is 0 Å². The Balaban J connectivity index is 1.43. The van der Waals surface area contributed by atoms with E-state index < -0.39 is 0 Å². The van der Waals surface area contributed by atoms with Crippen molar-refractivity contribution in [2.24, 2.45) is 14.1 Å². The summed E-state index contributed by atoms with van der Waals surface area (Å²) in [5.74, 6) is 0.677. The quantitative estimate of drug-likeness (QED) is 0.487. The smallest absolute Gasteiger partial charge is 0.312 e. The van der Waals surface area contributed by atoms with Crippen molar-refractivity contribution in [3.05, 3.63) is 71.2 Å². The zero-order valence-corrected chi connectivity index (χ0v) is 17.1. The van der Waals surface area contributed by atoms with Gasteiger partial charge in [-0.1, -0.05) is 30.3 Å². The van der Waals surface area contributed by atoms with E-state index in [-0.39, 0.29) is 19.0 Å². The number of hydrogen-bond donors (Lipinski definition) is 0. The second-order valence-corrected chi connectivity index (χ2v) is 7.34. The summed E-state index contributed by atoms with van der Waals surface area (Å²) in [5, 5.41) is 4.56. The zero-order chi connectivity index (χ0) is 20.5. The highest BCUT2D eigenvalue weighted by Gasteiger charge is 2.14. The Hall–Kier alpha value is -3.41. The first-order valence-corrected chi connectivity index (χ1v) is 9.59. The molecule has 0 spiro atoms. The molecule has 0 saturated heterocycles. The molecule has 2 heterocycles. The van der Waals surface area contributed by atoms with Crippen LogP contribution >= 0.6 is 0 Å². The molecule has 2 aromatic carbocycles. The molecule has 4 rings (SSSR count). The molecule has 6 nitrogen and oxygen atoms in total. The Kier molecular flexibility index (Phi) is 4.92. The number of rotatable bonds is 5. The van der Waals surface area contributed by atoms with Crippen LogP contribution < -0.4 is 0 Å². The summed E-state index contributed by atoms with van der Waals surface area (Å²) in [4.78, 5) is 16.9. The predicted molar refractivity (Wildman–Crippen MR) is 112 cm³/mol. The van der Waals surface area contributed by atoms with E-state index in [4.69, 9.17) is 4.74 Å². The molecule has 0 aliphatic rings. The van der Waals surface area contributed by atoms with Crippen molar-refractivity contribution in [1.82, 2.24) is 19.3 Å². The number of imidazole rings is 1. The van der Waals surface area contributed by atoms with Crippen LogP contribution in [0, 0.1) is 13.8 Å². The molecule has 0 atom stereocenters. The summed E-state index contributed by atoms with van der Waals surface area (Å²) in [7, 11) is 3.84. The third-order valence-electron chi connectivity index (χ3n) is 5.29. The van der Waals surface area contributed by atoms with Crippen LogP contribution in [-0.4, -0.2) is 25.3 Å². The molecule has 0 bridgehead atoms. The van der Waals surface area contributed by atoms with Gasteiger partial charge in [-0.05, 0) is 43.2 Å². The number of hydrogen-bond acceptors (Lipinski definition) is 4. The SMILES string of the molecule is Cc1ccccc1-c1cc(CC(=O)OCc2ccc3c(c2)nc(C)n3C)n(C)n1. The van der Waals surface area contributed by atoms with Gasteiger partial charge in [0.25, 0.3) is 0 Å². The third kappa shape index (κ3) is 3.78. The summed E-state index contributed by atoms with van der Waals surface area (Å²) >= 11 is 0. The van der Waals surface area contributed by atoms with Crippen molar-refractivity contribution < 1.29 is 9.53 Å². The molecule has 0 amide bonds. The number of fused-ring (bicyclic) bond motifs is 1. The fraction of sp³-hybridized carbons (Fsp3) is 0.261. The van der Waals surface area contributed by atoms with Gasteiger partial charge in [-0.25, -0.2) is 4.98 Å². The fourth-order valence-corrected chi connectivity index (χ4v) is 3.48. The number of aryl methyl sites for hydroxylation is 4. The van der Waals surface area contributed by atoms with E-state index >= 15 is 0 Å². The minimum atomic E-state index is -0.276. The van der Waals surface area contributed by atoms with Crippen LogP contribution in [0.5, 0.6) is 0 Å². The van der Waals surface area contributed by atoms with E-state index in [1.807, 2.05) is 68.1 Å². The Morgan fingerprint density at radius 1 is 1.07 bits per heavy atom. The van der Waals surface area contributed by atoms with Crippen molar-refractivity contribution in [2.45, 2.75) is 26.9 Å². The minimum Gasteiger partial charge on any atom is -0.461 e. The van der Waals surface area contributed by atoms with Gasteiger partial charge in [0.2, 0.25) is 0 Å². The molecule has 0 fully saturated rings. The van der Waals surface area contributed by atoms with Crippen molar-refractivity contribution in [1.29, 1.82) is 0 Å². The number of benzene rings is 2. The first-order valence-electron chi connectivity index (χ1n) is 9.59. The van der Waals surface area contributed by atoms with Gasteiger partial charge in [-0.3, -0.25) is 9.48 Å². The van der Waals surface area contributed by atoms with E-state index in [2.05, 4.69) is 23.1 Å². The molecule has 0 aliphatic heterocycles. The Bertz CT molecular complexity index is 1200. The Labute approximate surface area is 169 Å². The van der Waals surface area contributed by atoms with Crippen LogP contribution in [0.25, 0.3) is 22.3 Å². The van der Waals surface area contributed by atoms with Gasteiger partial charge in [0.05, 0.1) is 23.1 Å². The molecule has 6 heteroatoms. The second kappa shape index (κ2) is 7.54. The Morgan fingerprint density at radius 2 is 1.86 bits per heavy atom. The molecule has 0 radical (unpaired) electrons. The monoisotopic (exact) mass is 388 g/mol. The molecule has 4 aromatic rings. The van der Waals surface area contributed by atoms with E-state index in [0.717, 1.165) is 44.9 Å². The Morgan fingerprint density at radius 3 is 2.66 bits per heavy atom. The average Bonchev–Trinajstić information content (AvgIpc) is 3.19. The van der Waals surface area contributed by atoms with Gasteiger partial charge < -0.3 is 9.30 Å². The van der Waals surface area contributed by atoms with Crippen LogP contribution in [-0.2, 0) is 36.7 Å². The van der Waals surface area contributed by atoms with Crippen LogP contribution in [0.15, 0.2) is 48.5 Å². The number of esters is 1. The lowest BCUT2D eigenvalue weighted by Crippen LogP contribution is -2.11. The number of aromatic nitrogens is 4. The first-order chi connectivity index (χ1) is 13.9. The molecule has 29 heavy (non-hydrogen) atoms. The molecule has 2 aromatic heterocycles.